The first-order valence-corrected chi connectivity index (χ1v) is 10.3. The second-order valence-electron chi connectivity index (χ2n) is 6.19. The lowest BCUT2D eigenvalue weighted by molar-refractivity contribution is -0.123. The van der Waals surface area contributed by atoms with Crippen LogP contribution in [0.3, 0.4) is 0 Å². The number of hydrogen-bond acceptors (Lipinski definition) is 5. The molecule has 4 rings (SSSR count). The second-order valence-corrected chi connectivity index (χ2v) is 8.30. The highest BCUT2D eigenvalue weighted by Crippen LogP contribution is 2.36. The van der Waals surface area contributed by atoms with Crippen molar-refractivity contribution >= 4 is 40.3 Å². The molecule has 0 radical (unpaired) electrons. The van der Waals surface area contributed by atoms with E-state index >= 15 is 0 Å². The maximum atomic E-state index is 12.7. The smallest absolute Gasteiger partial charge is 0.293 e. The normalized spacial score (nSPS) is 15.5. The van der Waals surface area contributed by atoms with E-state index in [9.17, 15) is 9.59 Å². The van der Waals surface area contributed by atoms with Gasteiger partial charge >= 0.3 is 0 Å². The van der Waals surface area contributed by atoms with Crippen LogP contribution in [0.15, 0.2) is 71.6 Å². The lowest BCUT2D eigenvalue weighted by Crippen LogP contribution is -2.27. The van der Waals surface area contributed by atoms with E-state index < -0.39 is 0 Å². The molecule has 0 saturated carbocycles. The highest BCUT2D eigenvalue weighted by molar-refractivity contribution is 8.18. The van der Waals surface area contributed by atoms with Crippen LogP contribution < -0.4 is 4.74 Å². The van der Waals surface area contributed by atoms with E-state index in [0.29, 0.717) is 11.4 Å². The molecule has 2 aromatic carbocycles. The lowest BCUT2D eigenvalue weighted by Gasteiger charge is -2.11. The number of imide groups is 1. The minimum absolute atomic E-state index is 0.232. The highest BCUT2D eigenvalue weighted by Gasteiger charge is 2.35. The summed E-state index contributed by atoms with van der Waals surface area (Å²) in [5.41, 5.74) is 1.99. The second kappa shape index (κ2) is 8.04. The molecule has 0 N–H and O–H groups in total. The Kier molecular flexibility index (Phi) is 5.32. The molecule has 0 bridgehead atoms. The summed E-state index contributed by atoms with van der Waals surface area (Å²) < 4.78 is 5.28. The average Bonchev–Trinajstić information content (AvgIpc) is 3.29. The molecular formula is C22H17NO3S2. The fourth-order valence-electron chi connectivity index (χ4n) is 2.89. The van der Waals surface area contributed by atoms with Crippen LogP contribution in [0.25, 0.3) is 16.5 Å². The summed E-state index contributed by atoms with van der Waals surface area (Å²) in [6.45, 7) is 0.294. The molecule has 0 atom stereocenters. The zero-order valence-corrected chi connectivity index (χ0v) is 16.8. The van der Waals surface area contributed by atoms with E-state index in [0.717, 1.165) is 38.4 Å². The van der Waals surface area contributed by atoms with Crippen molar-refractivity contribution in [3.8, 4) is 16.2 Å². The van der Waals surface area contributed by atoms with Crippen LogP contribution in [0.4, 0.5) is 4.79 Å². The Morgan fingerprint density at radius 3 is 2.61 bits per heavy atom. The molecule has 28 heavy (non-hydrogen) atoms. The largest absolute Gasteiger partial charge is 0.497 e. The van der Waals surface area contributed by atoms with Crippen LogP contribution in [0.1, 0.15) is 10.4 Å². The maximum Gasteiger partial charge on any atom is 0.293 e. The maximum absolute atomic E-state index is 12.7. The standard InChI is InChI=1S/C22H17NO3S2/c1-26-17-9-5-8-16(12-17)19-11-10-18(27-19)13-20-21(24)23(22(25)28-20)14-15-6-3-2-4-7-15/h2-13H,14H2,1H3. The number of carbonyl (C=O) groups excluding carboxylic acids is 2. The predicted molar refractivity (Wildman–Crippen MR) is 114 cm³/mol. The fourth-order valence-corrected chi connectivity index (χ4v) is 4.74. The van der Waals surface area contributed by atoms with E-state index in [1.54, 1.807) is 24.5 Å². The van der Waals surface area contributed by atoms with Crippen molar-refractivity contribution in [2.24, 2.45) is 0 Å². The number of ether oxygens (including phenoxy) is 1. The summed E-state index contributed by atoms with van der Waals surface area (Å²) in [6, 6.07) is 21.3. The van der Waals surface area contributed by atoms with Crippen LogP contribution in [0.5, 0.6) is 5.75 Å². The van der Waals surface area contributed by atoms with Gasteiger partial charge in [-0.15, -0.1) is 11.3 Å². The summed E-state index contributed by atoms with van der Waals surface area (Å²) in [4.78, 5) is 28.8. The van der Waals surface area contributed by atoms with Crippen LogP contribution in [0, 0.1) is 0 Å². The monoisotopic (exact) mass is 407 g/mol. The lowest BCUT2D eigenvalue weighted by atomic mass is 10.2. The minimum Gasteiger partial charge on any atom is -0.497 e. The van der Waals surface area contributed by atoms with Crippen LogP contribution in [-0.2, 0) is 11.3 Å². The minimum atomic E-state index is -0.241. The number of thioether (sulfide) groups is 1. The third kappa shape index (κ3) is 3.88. The quantitative estimate of drug-likeness (QED) is 0.512. The molecule has 2 amide bonds. The van der Waals surface area contributed by atoms with Gasteiger partial charge in [-0.1, -0.05) is 42.5 Å². The molecule has 1 fully saturated rings. The van der Waals surface area contributed by atoms with Gasteiger partial charge in [0.05, 0.1) is 18.6 Å². The first-order valence-electron chi connectivity index (χ1n) is 8.67. The van der Waals surface area contributed by atoms with Gasteiger partial charge in [-0.05, 0) is 53.2 Å². The van der Waals surface area contributed by atoms with Crippen molar-refractivity contribution in [3.63, 3.8) is 0 Å². The molecule has 1 aromatic heterocycles. The number of nitrogens with zero attached hydrogens (tertiary/aromatic N) is 1. The third-order valence-corrected chi connectivity index (χ3v) is 6.30. The number of hydrogen-bond donors (Lipinski definition) is 0. The molecule has 1 aliphatic rings. The molecule has 1 aliphatic heterocycles. The van der Waals surface area contributed by atoms with Gasteiger partial charge in [0.15, 0.2) is 0 Å². The van der Waals surface area contributed by atoms with Gasteiger partial charge in [0.25, 0.3) is 11.1 Å². The van der Waals surface area contributed by atoms with Gasteiger partial charge in [-0.2, -0.15) is 0 Å². The average molecular weight is 408 g/mol. The fraction of sp³-hybridized carbons (Fsp3) is 0.0909. The Morgan fingerprint density at radius 1 is 1.00 bits per heavy atom. The van der Waals surface area contributed by atoms with Crippen LogP contribution in [0.2, 0.25) is 0 Å². The van der Waals surface area contributed by atoms with Gasteiger partial charge in [-0.3, -0.25) is 14.5 Å². The Hall–Kier alpha value is -2.83. The van der Waals surface area contributed by atoms with Crippen molar-refractivity contribution in [1.82, 2.24) is 4.90 Å². The Balaban J connectivity index is 1.54. The van der Waals surface area contributed by atoms with Gasteiger partial charge in [0.2, 0.25) is 0 Å². The van der Waals surface area contributed by atoms with E-state index in [1.165, 1.54) is 4.90 Å². The van der Waals surface area contributed by atoms with Crippen molar-refractivity contribution in [3.05, 3.63) is 82.1 Å². The number of methoxy groups -OCH3 is 1. The van der Waals surface area contributed by atoms with E-state index in [1.807, 2.05) is 66.7 Å². The summed E-state index contributed by atoms with van der Waals surface area (Å²) in [6.07, 6.45) is 1.80. The van der Waals surface area contributed by atoms with E-state index in [2.05, 4.69) is 0 Å². The molecule has 6 heteroatoms. The van der Waals surface area contributed by atoms with Crippen molar-refractivity contribution in [1.29, 1.82) is 0 Å². The van der Waals surface area contributed by atoms with Crippen molar-refractivity contribution in [2.75, 3.05) is 7.11 Å². The Labute approximate surface area is 171 Å². The van der Waals surface area contributed by atoms with E-state index in [-0.39, 0.29) is 11.1 Å². The Morgan fingerprint density at radius 2 is 1.82 bits per heavy atom. The predicted octanol–water partition coefficient (Wildman–Crippen LogP) is 5.66. The van der Waals surface area contributed by atoms with Gasteiger partial charge in [0.1, 0.15) is 5.75 Å². The van der Waals surface area contributed by atoms with Gasteiger partial charge in [0, 0.05) is 9.75 Å². The SMILES string of the molecule is COc1cccc(-c2ccc(C=C3SC(=O)N(Cc4ccccc4)C3=O)s2)c1. The van der Waals surface area contributed by atoms with Gasteiger partial charge < -0.3 is 4.74 Å². The number of amides is 2. The number of rotatable bonds is 5. The molecule has 1 saturated heterocycles. The van der Waals surface area contributed by atoms with Crippen LogP contribution >= 0.6 is 23.1 Å². The summed E-state index contributed by atoms with van der Waals surface area (Å²) in [5.74, 6) is 0.560. The zero-order chi connectivity index (χ0) is 19.5. The van der Waals surface area contributed by atoms with Crippen molar-refractivity contribution in [2.45, 2.75) is 6.54 Å². The molecule has 2 heterocycles. The molecule has 140 valence electrons. The molecule has 4 nitrogen and oxygen atoms in total. The molecular weight excluding hydrogens is 390 g/mol. The van der Waals surface area contributed by atoms with Crippen molar-refractivity contribution < 1.29 is 14.3 Å². The van der Waals surface area contributed by atoms with Crippen LogP contribution in [-0.4, -0.2) is 23.2 Å². The molecule has 0 aliphatic carbocycles. The van der Waals surface area contributed by atoms with Gasteiger partial charge in [-0.25, -0.2) is 0 Å². The summed E-state index contributed by atoms with van der Waals surface area (Å²) >= 11 is 2.57. The topological polar surface area (TPSA) is 46.6 Å². The highest BCUT2D eigenvalue weighted by atomic mass is 32.2. The first-order chi connectivity index (χ1) is 13.6. The summed E-state index contributed by atoms with van der Waals surface area (Å²) in [5, 5.41) is -0.232. The summed E-state index contributed by atoms with van der Waals surface area (Å²) in [7, 11) is 1.64. The molecule has 3 aromatic rings. The molecule has 0 spiro atoms. The number of benzene rings is 2. The number of thiophene rings is 1. The Bertz CT molecular complexity index is 1060. The molecule has 0 unspecified atom stereocenters. The first kappa shape index (κ1) is 18.5. The zero-order valence-electron chi connectivity index (χ0n) is 15.1. The number of carbonyl (C=O) groups is 2. The van der Waals surface area contributed by atoms with E-state index in [4.69, 9.17) is 4.74 Å². The third-order valence-electron chi connectivity index (χ3n) is 4.31.